The van der Waals surface area contributed by atoms with Crippen LogP contribution in [0.4, 0.5) is 0 Å². The van der Waals surface area contributed by atoms with E-state index in [2.05, 4.69) is 15.9 Å². The smallest absolute Gasteiger partial charge is 0.314 e. The molecule has 0 bridgehead atoms. The monoisotopic (exact) mass is 318 g/mol. The van der Waals surface area contributed by atoms with E-state index in [0.29, 0.717) is 11.9 Å². The van der Waals surface area contributed by atoms with E-state index >= 15 is 0 Å². The van der Waals surface area contributed by atoms with Gasteiger partial charge in [0.1, 0.15) is 6.61 Å². The van der Waals surface area contributed by atoms with Gasteiger partial charge in [0.2, 0.25) is 0 Å². The van der Waals surface area contributed by atoms with Crippen LogP contribution in [0.2, 0.25) is 0 Å². The fourth-order valence-electron chi connectivity index (χ4n) is 1.80. The van der Waals surface area contributed by atoms with Crippen LogP contribution in [0.1, 0.15) is 17.0 Å². The van der Waals surface area contributed by atoms with E-state index in [-0.39, 0.29) is 11.9 Å². The molecular formula is C16H15BrO2. The first kappa shape index (κ1) is 13.8. The van der Waals surface area contributed by atoms with Gasteiger partial charge in [-0.2, -0.15) is 0 Å². The third-order valence-electron chi connectivity index (χ3n) is 2.86. The maximum absolute atomic E-state index is 12.1. The number of hydrogen-bond donors (Lipinski definition) is 0. The van der Waals surface area contributed by atoms with E-state index in [1.807, 2.05) is 60.7 Å². The fourth-order valence-corrected chi connectivity index (χ4v) is 2.44. The van der Waals surface area contributed by atoms with Crippen molar-refractivity contribution in [2.75, 3.05) is 5.33 Å². The summed E-state index contributed by atoms with van der Waals surface area (Å²) in [7, 11) is 0. The van der Waals surface area contributed by atoms with E-state index in [1.54, 1.807) is 0 Å². The molecule has 0 aliphatic rings. The molecule has 0 radical (unpaired) electrons. The van der Waals surface area contributed by atoms with Gasteiger partial charge >= 0.3 is 5.97 Å². The van der Waals surface area contributed by atoms with Crippen molar-refractivity contribution < 1.29 is 9.53 Å². The summed E-state index contributed by atoms with van der Waals surface area (Å²) in [4.78, 5) is 12.1. The molecule has 0 N–H and O–H groups in total. The molecule has 98 valence electrons. The zero-order valence-electron chi connectivity index (χ0n) is 10.5. The second kappa shape index (κ2) is 7.10. The fraction of sp³-hybridized carbons (Fsp3) is 0.188. The van der Waals surface area contributed by atoms with Gasteiger partial charge in [-0.3, -0.25) is 4.79 Å². The Labute approximate surface area is 121 Å². The van der Waals surface area contributed by atoms with Crippen molar-refractivity contribution >= 4 is 21.9 Å². The largest absolute Gasteiger partial charge is 0.460 e. The first-order valence-corrected chi connectivity index (χ1v) is 7.25. The highest BCUT2D eigenvalue weighted by Crippen LogP contribution is 2.20. The van der Waals surface area contributed by atoms with E-state index in [9.17, 15) is 4.79 Å². The Balaban J connectivity index is 1.98. The van der Waals surface area contributed by atoms with Crippen LogP contribution in [0.5, 0.6) is 0 Å². The molecular weight excluding hydrogens is 304 g/mol. The Bertz CT molecular complexity index is 511. The molecule has 0 amide bonds. The molecule has 0 spiro atoms. The van der Waals surface area contributed by atoms with Crippen LogP contribution in [0.25, 0.3) is 0 Å². The summed E-state index contributed by atoms with van der Waals surface area (Å²) < 4.78 is 5.37. The topological polar surface area (TPSA) is 26.3 Å². The van der Waals surface area contributed by atoms with Gasteiger partial charge in [0.25, 0.3) is 0 Å². The molecule has 0 fully saturated rings. The van der Waals surface area contributed by atoms with Crippen molar-refractivity contribution in [3.05, 3.63) is 71.8 Å². The summed E-state index contributed by atoms with van der Waals surface area (Å²) in [6, 6.07) is 19.4. The van der Waals surface area contributed by atoms with Crippen LogP contribution in [-0.4, -0.2) is 11.3 Å². The second-order valence-electron chi connectivity index (χ2n) is 4.21. The average molecular weight is 319 g/mol. The summed E-state index contributed by atoms with van der Waals surface area (Å²) in [6.45, 7) is 0.315. The van der Waals surface area contributed by atoms with Crippen molar-refractivity contribution in [1.29, 1.82) is 0 Å². The number of rotatable bonds is 5. The zero-order chi connectivity index (χ0) is 13.5. The standard InChI is InChI=1S/C16H15BrO2/c17-11-15(14-9-5-2-6-10-14)16(18)19-12-13-7-3-1-4-8-13/h1-10,15H,11-12H2. The van der Waals surface area contributed by atoms with Crippen molar-refractivity contribution in [2.24, 2.45) is 0 Å². The highest BCUT2D eigenvalue weighted by atomic mass is 79.9. The molecule has 0 aromatic heterocycles. The number of esters is 1. The first-order chi connectivity index (χ1) is 9.31. The van der Waals surface area contributed by atoms with Crippen molar-refractivity contribution in [3.63, 3.8) is 0 Å². The average Bonchev–Trinajstić information content (AvgIpc) is 2.48. The van der Waals surface area contributed by atoms with Gasteiger partial charge in [-0.25, -0.2) is 0 Å². The number of carbonyl (C=O) groups is 1. The van der Waals surface area contributed by atoms with Gasteiger partial charge in [-0.1, -0.05) is 76.6 Å². The van der Waals surface area contributed by atoms with Gasteiger partial charge in [-0.15, -0.1) is 0 Å². The van der Waals surface area contributed by atoms with Gasteiger partial charge in [0.05, 0.1) is 5.92 Å². The minimum atomic E-state index is -0.259. The molecule has 19 heavy (non-hydrogen) atoms. The molecule has 0 saturated heterocycles. The van der Waals surface area contributed by atoms with Gasteiger partial charge < -0.3 is 4.74 Å². The lowest BCUT2D eigenvalue weighted by atomic mass is 10.0. The number of ether oxygens (including phenoxy) is 1. The molecule has 0 aliphatic carbocycles. The van der Waals surface area contributed by atoms with Crippen molar-refractivity contribution in [3.8, 4) is 0 Å². The van der Waals surface area contributed by atoms with Crippen LogP contribution in [0.3, 0.4) is 0 Å². The molecule has 2 aromatic carbocycles. The molecule has 2 nitrogen and oxygen atoms in total. The lowest BCUT2D eigenvalue weighted by Crippen LogP contribution is -2.17. The lowest BCUT2D eigenvalue weighted by molar-refractivity contribution is -0.146. The molecule has 0 aliphatic heterocycles. The lowest BCUT2D eigenvalue weighted by Gasteiger charge is -2.13. The number of halogens is 1. The van der Waals surface area contributed by atoms with Gasteiger partial charge in [0, 0.05) is 5.33 Å². The van der Waals surface area contributed by atoms with Crippen LogP contribution in [0, 0.1) is 0 Å². The molecule has 2 rings (SSSR count). The van der Waals surface area contributed by atoms with E-state index < -0.39 is 0 Å². The molecule has 3 heteroatoms. The third-order valence-corrected chi connectivity index (χ3v) is 3.51. The Morgan fingerprint density at radius 2 is 1.58 bits per heavy atom. The minimum absolute atomic E-state index is 0.202. The number of benzene rings is 2. The Kier molecular flexibility index (Phi) is 5.16. The highest BCUT2D eigenvalue weighted by molar-refractivity contribution is 9.09. The third kappa shape index (κ3) is 3.93. The van der Waals surface area contributed by atoms with E-state index in [1.165, 1.54) is 0 Å². The number of hydrogen-bond acceptors (Lipinski definition) is 2. The van der Waals surface area contributed by atoms with Crippen LogP contribution >= 0.6 is 15.9 Å². The van der Waals surface area contributed by atoms with Gasteiger partial charge in [-0.05, 0) is 11.1 Å². The number of carbonyl (C=O) groups excluding carboxylic acids is 1. The maximum atomic E-state index is 12.1. The number of alkyl halides is 1. The van der Waals surface area contributed by atoms with Crippen molar-refractivity contribution in [2.45, 2.75) is 12.5 Å². The maximum Gasteiger partial charge on any atom is 0.314 e. The van der Waals surface area contributed by atoms with Crippen molar-refractivity contribution in [1.82, 2.24) is 0 Å². The summed E-state index contributed by atoms with van der Waals surface area (Å²) in [5, 5.41) is 0.560. The molecule has 1 unspecified atom stereocenters. The quantitative estimate of drug-likeness (QED) is 0.617. The summed E-state index contributed by atoms with van der Waals surface area (Å²) in [5.41, 5.74) is 1.97. The Hall–Kier alpha value is -1.61. The second-order valence-corrected chi connectivity index (χ2v) is 4.86. The molecule has 2 aromatic rings. The highest BCUT2D eigenvalue weighted by Gasteiger charge is 2.20. The summed E-state index contributed by atoms with van der Waals surface area (Å²) >= 11 is 3.38. The van der Waals surface area contributed by atoms with E-state index in [0.717, 1.165) is 11.1 Å². The molecule has 0 heterocycles. The predicted molar refractivity (Wildman–Crippen MR) is 79.2 cm³/mol. The Morgan fingerprint density at radius 3 is 2.16 bits per heavy atom. The predicted octanol–water partition coefficient (Wildman–Crippen LogP) is 3.91. The van der Waals surface area contributed by atoms with Crippen LogP contribution in [0.15, 0.2) is 60.7 Å². The Morgan fingerprint density at radius 1 is 1.00 bits per heavy atom. The van der Waals surface area contributed by atoms with Crippen LogP contribution < -0.4 is 0 Å². The first-order valence-electron chi connectivity index (χ1n) is 6.12. The molecule has 0 saturated carbocycles. The van der Waals surface area contributed by atoms with Gasteiger partial charge in [0.15, 0.2) is 0 Å². The SMILES string of the molecule is O=C(OCc1ccccc1)C(CBr)c1ccccc1. The molecule has 1 atom stereocenters. The van der Waals surface area contributed by atoms with Crippen LogP contribution in [-0.2, 0) is 16.1 Å². The minimum Gasteiger partial charge on any atom is -0.460 e. The zero-order valence-corrected chi connectivity index (χ0v) is 12.0. The normalized spacial score (nSPS) is 11.8. The summed E-state index contributed by atoms with van der Waals surface area (Å²) in [6.07, 6.45) is 0. The van der Waals surface area contributed by atoms with E-state index in [4.69, 9.17) is 4.74 Å². The summed E-state index contributed by atoms with van der Waals surface area (Å²) in [5.74, 6) is -0.461.